The smallest absolute Gasteiger partial charge is 0.416 e. The zero-order valence-corrected chi connectivity index (χ0v) is 43.8. The summed E-state index contributed by atoms with van der Waals surface area (Å²) in [5, 5.41) is 3.39. The molecule has 6 heterocycles. The molecule has 2 aromatic heterocycles. The number of ether oxygens (including phenoxy) is 4. The highest BCUT2D eigenvalue weighted by atomic mass is 35.5. The monoisotopic (exact) mass is 1000 g/mol. The summed E-state index contributed by atoms with van der Waals surface area (Å²) < 4.78 is 19.7. The van der Waals surface area contributed by atoms with Crippen LogP contribution in [0, 0.1) is 0 Å². The Morgan fingerprint density at radius 3 is 1.89 bits per heavy atom. The molecule has 2 saturated heterocycles. The lowest BCUT2D eigenvalue weighted by Gasteiger charge is -2.34. The van der Waals surface area contributed by atoms with Crippen LogP contribution in [0.4, 0.5) is 16.4 Å². The van der Waals surface area contributed by atoms with E-state index in [1.165, 1.54) is 18.9 Å². The molecule has 3 amide bonds. The molecule has 0 aliphatic carbocycles. The van der Waals surface area contributed by atoms with E-state index in [1.807, 2.05) is 20.8 Å². The SMILES string of the molecule is CCOC(=O)C(=O)N1CCN(CCCCCc2ccc3c(n2)N(C(=O)OC(C)(C)C)CCC3)CC1.CCOC(=O)CN1CCN(CCCCCc2ccc3c(n2)NCCC3)CC1=O.CCOC(C)=O.Cl. The summed E-state index contributed by atoms with van der Waals surface area (Å²) in [5.74, 6) is 0.0132. The Bertz CT molecular complexity index is 1980. The zero-order chi connectivity index (χ0) is 50.2. The van der Waals surface area contributed by atoms with Gasteiger partial charge in [-0.3, -0.25) is 33.9 Å². The Kier molecular flexibility index (Phi) is 26.5. The summed E-state index contributed by atoms with van der Waals surface area (Å²) in [6, 6.07) is 8.56. The third-order valence-electron chi connectivity index (χ3n) is 12.0. The third-order valence-corrected chi connectivity index (χ3v) is 12.0. The molecule has 1 N–H and O–H groups in total. The van der Waals surface area contributed by atoms with Gasteiger partial charge in [-0.15, -0.1) is 12.4 Å². The van der Waals surface area contributed by atoms with Crippen LogP contribution < -0.4 is 10.2 Å². The first-order valence-corrected chi connectivity index (χ1v) is 25.3. The van der Waals surface area contributed by atoms with Crippen molar-refractivity contribution in [1.82, 2.24) is 29.6 Å². The average molecular weight is 1000 g/mol. The highest BCUT2D eigenvalue weighted by Gasteiger charge is 2.30. The number of amides is 3. The van der Waals surface area contributed by atoms with Crippen LogP contribution >= 0.6 is 12.4 Å². The number of aromatic nitrogens is 2. The number of nitrogens with zero attached hydrogens (tertiary/aromatic N) is 7. The highest BCUT2D eigenvalue weighted by Crippen LogP contribution is 2.28. The molecule has 2 fully saturated rings. The molecule has 6 rings (SSSR count). The second-order valence-electron chi connectivity index (χ2n) is 18.7. The van der Waals surface area contributed by atoms with Crippen molar-refractivity contribution < 1.29 is 47.7 Å². The first-order valence-electron chi connectivity index (χ1n) is 25.3. The Morgan fingerprint density at radius 1 is 0.686 bits per heavy atom. The number of carbonyl (C=O) groups is 6. The molecule has 2 aromatic rings. The molecule has 0 aromatic carbocycles. The van der Waals surface area contributed by atoms with Gasteiger partial charge in [0.2, 0.25) is 5.91 Å². The summed E-state index contributed by atoms with van der Waals surface area (Å²) in [7, 11) is 0. The van der Waals surface area contributed by atoms with E-state index in [4.69, 9.17) is 24.2 Å². The predicted molar refractivity (Wildman–Crippen MR) is 271 cm³/mol. The van der Waals surface area contributed by atoms with E-state index in [9.17, 15) is 28.8 Å². The number of piperazine rings is 2. The van der Waals surface area contributed by atoms with Gasteiger partial charge in [0, 0.05) is 70.7 Å². The largest absolute Gasteiger partial charge is 0.466 e. The van der Waals surface area contributed by atoms with Crippen molar-refractivity contribution in [3.05, 3.63) is 46.8 Å². The van der Waals surface area contributed by atoms with Crippen molar-refractivity contribution in [2.45, 2.75) is 131 Å². The summed E-state index contributed by atoms with van der Waals surface area (Å²) in [6.07, 6.45) is 12.2. The number of pyridine rings is 2. The normalized spacial score (nSPS) is 15.8. The van der Waals surface area contributed by atoms with E-state index in [0.29, 0.717) is 45.9 Å². The number of hydrogen-bond donors (Lipinski definition) is 1. The quantitative estimate of drug-likeness (QED) is 0.0834. The molecule has 70 heavy (non-hydrogen) atoms. The number of fused-ring (bicyclic) bond motifs is 2. The number of carbonyl (C=O) groups excluding carboxylic acids is 6. The van der Waals surface area contributed by atoms with Gasteiger partial charge in [0.1, 0.15) is 23.8 Å². The summed E-state index contributed by atoms with van der Waals surface area (Å²) in [6.45, 7) is 21.5. The Balaban J connectivity index is 0.000000333. The fourth-order valence-corrected chi connectivity index (χ4v) is 8.43. The molecule has 0 bridgehead atoms. The standard InChI is InChI=1S/C26H40N4O5.C21H32N4O3.C4H8O2.ClH/c1-5-34-24(32)23(31)29-18-16-28(17-19-29)14-8-6-7-11-21-13-12-20-10-9-15-30(22(20)27-21)25(33)35-26(2,3)4;1-2-28-20(27)16-25-14-13-24(15-19(25)26)12-5-3-4-8-18-10-9-17-7-6-11-22-21(17)23-18;1-3-6-4(2)5;/h12-13H,5-11,14-19H2,1-4H3;9-10H,2-8,11-16H2,1H3,(H,22,23);3H2,1-2H3;1H. The molecule has 0 spiro atoms. The lowest BCUT2D eigenvalue weighted by molar-refractivity contribution is -0.160. The summed E-state index contributed by atoms with van der Waals surface area (Å²) in [4.78, 5) is 88.8. The maximum absolute atomic E-state index is 12.7. The van der Waals surface area contributed by atoms with Crippen molar-refractivity contribution in [1.29, 1.82) is 0 Å². The van der Waals surface area contributed by atoms with Gasteiger partial charge in [0.15, 0.2) is 0 Å². The fourth-order valence-electron chi connectivity index (χ4n) is 8.43. The second kappa shape index (κ2) is 31.3. The number of anilines is 2. The number of esters is 3. The van der Waals surface area contributed by atoms with Crippen molar-refractivity contribution in [3.63, 3.8) is 0 Å². The molecule has 4 aliphatic rings. The molecule has 0 atom stereocenters. The first kappa shape index (κ1) is 59.2. The van der Waals surface area contributed by atoms with E-state index >= 15 is 0 Å². The van der Waals surface area contributed by atoms with Gasteiger partial charge in [-0.1, -0.05) is 25.0 Å². The fraction of sp³-hybridized carbons (Fsp3) is 0.686. The molecule has 18 nitrogen and oxygen atoms in total. The molecular formula is C51H81ClN8O10. The zero-order valence-electron chi connectivity index (χ0n) is 43.0. The second-order valence-corrected chi connectivity index (χ2v) is 18.7. The molecular weight excluding hydrogens is 920 g/mol. The van der Waals surface area contributed by atoms with Crippen LogP contribution in [0.5, 0.6) is 0 Å². The minimum atomic E-state index is -0.758. The van der Waals surface area contributed by atoms with E-state index in [-0.39, 0.29) is 49.5 Å². The first-order chi connectivity index (χ1) is 33.1. The van der Waals surface area contributed by atoms with Crippen LogP contribution in [0.1, 0.15) is 122 Å². The third kappa shape index (κ3) is 21.1. The number of nitrogens with one attached hydrogen (secondary N) is 1. The predicted octanol–water partition coefficient (Wildman–Crippen LogP) is 6.04. The Morgan fingerprint density at radius 2 is 1.29 bits per heavy atom. The average Bonchev–Trinajstić information content (AvgIpc) is 3.32. The molecule has 4 aliphatic heterocycles. The molecule has 0 saturated carbocycles. The molecule has 0 radical (unpaired) electrons. The van der Waals surface area contributed by atoms with Crippen LogP contribution in [0.25, 0.3) is 0 Å². The van der Waals surface area contributed by atoms with E-state index < -0.39 is 17.5 Å². The van der Waals surface area contributed by atoms with Crippen molar-refractivity contribution >= 4 is 59.9 Å². The lowest BCUT2D eigenvalue weighted by atomic mass is 10.0. The summed E-state index contributed by atoms with van der Waals surface area (Å²) in [5.41, 5.74) is 4.07. The van der Waals surface area contributed by atoms with E-state index in [0.717, 1.165) is 138 Å². The highest BCUT2D eigenvalue weighted by molar-refractivity contribution is 6.32. The van der Waals surface area contributed by atoms with Gasteiger partial charge < -0.3 is 34.1 Å². The number of hydrogen-bond acceptors (Lipinski definition) is 15. The molecule has 392 valence electrons. The van der Waals surface area contributed by atoms with Gasteiger partial charge in [-0.05, 0) is 142 Å². The number of unbranched alkanes of at least 4 members (excludes halogenated alkanes) is 4. The van der Waals surface area contributed by atoms with Gasteiger partial charge in [0.25, 0.3) is 0 Å². The number of halogens is 1. The Hall–Kier alpha value is -5.07. The molecule has 19 heteroatoms. The number of aryl methyl sites for hydroxylation is 4. The molecule has 0 unspecified atom stereocenters. The lowest BCUT2D eigenvalue weighted by Crippen LogP contribution is -2.52. The van der Waals surface area contributed by atoms with E-state index in [1.54, 1.807) is 35.5 Å². The minimum Gasteiger partial charge on any atom is -0.466 e. The maximum atomic E-state index is 12.7. The van der Waals surface area contributed by atoms with Crippen LogP contribution in [0.3, 0.4) is 0 Å². The summed E-state index contributed by atoms with van der Waals surface area (Å²) >= 11 is 0. The van der Waals surface area contributed by atoms with Crippen LogP contribution in [-0.2, 0) is 68.6 Å². The van der Waals surface area contributed by atoms with Gasteiger partial charge in [-0.25, -0.2) is 19.6 Å². The van der Waals surface area contributed by atoms with Crippen LogP contribution in [0.15, 0.2) is 24.3 Å². The van der Waals surface area contributed by atoms with Crippen molar-refractivity contribution in [2.75, 3.05) is 109 Å². The van der Waals surface area contributed by atoms with Crippen LogP contribution in [-0.4, -0.2) is 169 Å². The maximum Gasteiger partial charge on any atom is 0.416 e. The number of rotatable bonds is 17. The topological polar surface area (TPSA) is 193 Å². The minimum absolute atomic E-state index is 0. The van der Waals surface area contributed by atoms with Gasteiger partial charge in [0.05, 0.1) is 26.4 Å². The van der Waals surface area contributed by atoms with Gasteiger partial charge >= 0.3 is 29.9 Å². The van der Waals surface area contributed by atoms with Crippen molar-refractivity contribution in [2.24, 2.45) is 0 Å². The van der Waals surface area contributed by atoms with Crippen LogP contribution in [0.2, 0.25) is 0 Å². The van der Waals surface area contributed by atoms with Gasteiger partial charge in [-0.2, -0.15) is 0 Å². The van der Waals surface area contributed by atoms with Crippen molar-refractivity contribution in [3.8, 4) is 0 Å². The van der Waals surface area contributed by atoms with E-state index in [2.05, 4.69) is 44.1 Å². The Labute approximate surface area is 422 Å².